The number of carbonyl (C=O) groups excluding carboxylic acids is 1. The molecular weight excluding hydrogens is 216 g/mol. The number of halogens is 1. The van der Waals surface area contributed by atoms with Gasteiger partial charge in [0, 0.05) is 0 Å². The van der Waals surface area contributed by atoms with Crippen molar-refractivity contribution in [2.45, 2.75) is 26.4 Å². The maximum absolute atomic E-state index is 10.4. The average molecular weight is 227 g/mol. The van der Waals surface area contributed by atoms with Crippen LogP contribution in [0.5, 0.6) is 0 Å². The molecule has 0 aliphatic rings. The van der Waals surface area contributed by atoms with Crippen molar-refractivity contribution >= 4 is 21.9 Å². The molecule has 0 amide bonds. The summed E-state index contributed by atoms with van der Waals surface area (Å²) in [6.45, 7) is 5.32. The quantitative estimate of drug-likeness (QED) is 0.417. The fourth-order valence-corrected chi connectivity index (χ4v) is 0.273. The maximum Gasteiger partial charge on any atom is 0.356 e. The Bertz CT molecular complexity index is 129. The SMILES string of the molecule is CC(C)(C)OOOC(=O)CBr. The molecule has 0 saturated carbocycles. The number of rotatable bonds is 3. The average Bonchev–Trinajstić information content (AvgIpc) is 1.85. The van der Waals surface area contributed by atoms with Gasteiger partial charge in [-0.1, -0.05) is 15.9 Å². The van der Waals surface area contributed by atoms with Crippen LogP contribution in [0.15, 0.2) is 0 Å². The van der Waals surface area contributed by atoms with Gasteiger partial charge >= 0.3 is 5.97 Å². The molecule has 0 aromatic rings. The Morgan fingerprint density at radius 2 is 2.00 bits per heavy atom. The summed E-state index contributed by atoms with van der Waals surface area (Å²) in [5.41, 5.74) is -0.480. The van der Waals surface area contributed by atoms with E-state index in [0.717, 1.165) is 0 Å². The van der Waals surface area contributed by atoms with Gasteiger partial charge in [0.2, 0.25) is 0 Å². The van der Waals surface area contributed by atoms with Crippen LogP contribution in [0.1, 0.15) is 20.8 Å². The van der Waals surface area contributed by atoms with Crippen LogP contribution in [0.2, 0.25) is 0 Å². The molecule has 0 saturated heterocycles. The minimum Gasteiger partial charge on any atom is -0.268 e. The van der Waals surface area contributed by atoms with Gasteiger partial charge < -0.3 is 0 Å². The highest BCUT2D eigenvalue weighted by Gasteiger charge is 2.13. The van der Waals surface area contributed by atoms with Crippen LogP contribution in [0.3, 0.4) is 0 Å². The zero-order valence-corrected chi connectivity index (χ0v) is 8.30. The van der Waals surface area contributed by atoms with Crippen molar-refractivity contribution in [3.8, 4) is 0 Å². The molecule has 0 bridgehead atoms. The molecule has 0 unspecified atom stereocenters. The van der Waals surface area contributed by atoms with Gasteiger partial charge in [-0.2, -0.15) is 4.89 Å². The molecule has 0 radical (unpaired) electrons. The van der Waals surface area contributed by atoms with E-state index >= 15 is 0 Å². The molecular formula is C6H11BrO4. The second kappa shape index (κ2) is 4.69. The van der Waals surface area contributed by atoms with Crippen molar-refractivity contribution in [3.05, 3.63) is 0 Å². The molecule has 0 heterocycles. The fraction of sp³-hybridized carbons (Fsp3) is 0.833. The summed E-state index contributed by atoms with van der Waals surface area (Å²) in [4.78, 5) is 19.2. The maximum atomic E-state index is 10.4. The highest BCUT2D eigenvalue weighted by Crippen LogP contribution is 2.07. The predicted molar refractivity (Wildman–Crippen MR) is 41.8 cm³/mol. The van der Waals surface area contributed by atoms with Gasteiger partial charge in [-0.25, -0.2) is 4.79 Å². The first-order valence-electron chi connectivity index (χ1n) is 3.07. The first-order valence-corrected chi connectivity index (χ1v) is 4.19. The molecule has 0 aliphatic carbocycles. The smallest absolute Gasteiger partial charge is 0.268 e. The second-order valence-electron chi connectivity index (χ2n) is 2.85. The molecule has 0 spiro atoms. The minimum atomic E-state index is -0.533. The van der Waals surface area contributed by atoms with Crippen molar-refractivity contribution in [3.63, 3.8) is 0 Å². The summed E-state index contributed by atoms with van der Waals surface area (Å²) in [6, 6.07) is 0. The molecule has 0 fully saturated rings. The monoisotopic (exact) mass is 226 g/mol. The zero-order valence-electron chi connectivity index (χ0n) is 6.72. The Balaban J connectivity index is 3.35. The third-order valence-corrected chi connectivity index (χ3v) is 0.978. The van der Waals surface area contributed by atoms with Crippen molar-refractivity contribution in [1.29, 1.82) is 0 Å². The summed E-state index contributed by atoms with van der Waals surface area (Å²) in [7, 11) is 0. The first-order chi connectivity index (χ1) is 4.95. The van der Waals surface area contributed by atoms with Gasteiger partial charge in [-0.05, 0) is 25.8 Å². The van der Waals surface area contributed by atoms with Crippen LogP contribution >= 0.6 is 15.9 Å². The normalized spacial score (nSPS) is 11.3. The summed E-state index contributed by atoms with van der Waals surface area (Å²) >= 11 is 2.89. The molecule has 0 aliphatic heterocycles. The molecule has 11 heavy (non-hydrogen) atoms. The second-order valence-corrected chi connectivity index (χ2v) is 3.41. The molecule has 5 heteroatoms. The lowest BCUT2D eigenvalue weighted by molar-refractivity contribution is -0.513. The van der Waals surface area contributed by atoms with E-state index in [1.165, 1.54) is 0 Å². The van der Waals surface area contributed by atoms with Gasteiger partial charge in [0.05, 0.1) is 5.60 Å². The summed E-state index contributed by atoms with van der Waals surface area (Å²) < 4.78 is 0. The molecule has 0 aromatic carbocycles. The van der Waals surface area contributed by atoms with Crippen molar-refractivity contribution in [2.75, 3.05) is 5.33 Å². The van der Waals surface area contributed by atoms with Gasteiger partial charge in [-0.3, -0.25) is 4.89 Å². The Kier molecular flexibility index (Phi) is 4.63. The van der Waals surface area contributed by atoms with Crippen LogP contribution in [0, 0.1) is 0 Å². The summed E-state index contributed by atoms with van der Waals surface area (Å²) in [6.07, 6.45) is 0. The van der Waals surface area contributed by atoms with E-state index in [2.05, 4.69) is 30.7 Å². The number of hydrogen-bond acceptors (Lipinski definition) is 4. The summed E-state index contributed by atoms with van der Waals surface area (Å²) in [5, 5.41) is 4.26. The molecule has 0 atom stereocenters. The molecule has 66 valence electrons. The lowest BCUT2D eigenvalue weighted by atomic mass is 10.2. The Labute approximate surface area is 73.8 Å². The predicted octanol–water partition coefficient (Wildman–Crippen LogP) is 1.59. The van der Waals surface area contributed by atoms with E-state index in [0.29, 0.717) is 0 Å². The molecule has 0 rings (SSSR count). The highest BCUT2D eigenvalue weighted by molar-refractivity contribution is 9.09. The zero-order chi connectivity index (χ0) is 8.91. The van der Waals surface area contributed by atoms with Crippen LogP contribution in [0.25, 0.3) is 0 Å². The van der Waals surface area contributed by atoms with E-state index in [9.17, 15) is 4.79 Å². The van der Waals surface area contributed by atoms with Crippen molar-refractivity contribution in [1.82, 2.24) is 0 Å². The number of alkyl halides is 1. The Morgan fingerprint density at radius 1 is 1.45 bits per heavy atom. The topological polar surface area (TPSA) is 44.8 Å². The van der Waals surface area contributed by atoms with Crippen LogP contribution < -0.4 is 0 Å². The number of carbonyl (C=O) groups is 1. The first kappa shape index (κ1) is 10.9. The van der Waals surface area contributed by atoms with Crippen molar-refractivity contribution < 1.29 is 19.6 Å². The molecule has 0 N–H and O–H groups in total. The van der Waals surface area contributed by atoms with E-state index in [4.69, 9.17) is 0 Å². The molecule has 4 nitrogen and oxygen atoms in total. The van der Waals surface area contributed by atoms with Gasteiger partial charge in [0.25, 0.3) is 0 Å². The van der Waals surface area contributed by atoms with Gasteiger partial charge in [0.1, 0.15) is 5.33 Å². The van der Waals surface area contributed by atoms with E-state index in [1.807, 2.05) is 0 Å². The minimum absolute atomic E-state index is 0.0838. The van der Waals surface area contributed by atoms with E-state index < -0.39 is 11.6 Å². The van der Waals surface area contributed by atoms with Crippen molar-refractivity contribution in [2.24, 2.45) is 0 Å². The third kappa shape index (κ3) is 7.77. The Hall–Kier alpha value is -0.130. The fourth-order valence-electron chi connectivity index (χ4n) is 0.179. The van der Waals surface area contributed by atoms with Crippen LogP contribution in [0.4, 0.5) is 0 Å². The lowest BCUT2D eigenvalue weighted by Gasteiger charge is -2.14. The van der Waals surface area contributed by atoms with Crippen LogP contribution in [-0.4, -0.2) is 16.9 Å². The Morgan fingerprint density at radius 3 is 2.36 bits per heavy atom. The van der Waals surface area contributed by atoms with Crippen LogP contribution in [-0.2, 0) is 19.6 Å². The summed E-state index contributed by atoms with van der Waals surface area (Å²) in [5.74, 6) is -0.533. The van der Waals surface area contributed by atoms with E-state index in [-0.39, 0.29) is 5.33 Å². The third-order valence-electron chi connectivity index (χ3n) is 0.520. The largest absolute Gasteiger partial charge is 0.356 e. The van der Waals surface area contributed by atoms with Gasteiger partial charge in [-0.15, -0.1) is 0 Å². The highest BCUT2D eigenvalue weighted by atomic mass is 79.9. The number of hydrogen-bond donors (Lipinski definition) is 0. The lowest BCUT2D eigenvalue weighted by Crippen LogP contribution is -2.21. The van der Waals surface area contributed by atoms with Gasteiger partial charge in [0.15, 0.2) is 0 Å². The van der Waals surface area contributed by atoms with E-state index in [1.54, 1.807) is 20.8 Å². The molecule has 0 aromatic heterocycles. The standard InChI is InChI=1S/C6H11BrO4/c1-6(2,3)10-11-9-5(8)4-7/h4H2,1-3H3.